The summed E-state index contributed by atoms with van der Waals surface area (Å²) in [6.07, 6.45) is 0.670. The lowest BCUT2D eigenvalue weighted by molar-refractivity contribution is 1.25. The molecule has 0 bridgehead atoms. The smallest absolute Gasteiger partial charge is 0.128 e. The van der Waals surface area contributed by atoms with E-state index >= 15 is 0 Å². The second kappa shape index (κ2) is 3.01. The van der Waals surface area contributed by atoms with E-state index in [4.69, 9.17) is 5.73 Å². The van der Waals surface area contributed by atoms with Crippen molar-refractivity contribution in [3.63, 3.8) is 0 Å². The van der Waals surface area contributed by atoms with Gasteiger partial charge in [-0.3, -0.25) is 0 Å². The van der Waals surface area contributed by atoms with Gasteiger partial charge in [0, 0.05) is 0 Å². The molecule has 0 aromatic heterocycles. The van der Waals surface area contributed by atoms with Gasteiger partial charge in [0.1, 0.15) is 5.84 Å². The SMILES string of the molecule is Cc1cccc(C2=NN=C(N)C2)c1. The van der Waals surface area contributed by atoms with Crippen molar-refractivity contribution in [2.75, 3.05) is 0 Å². The van der Waals surface area contributed by atoms with Gasteiger partial charge in [-0.1, -0.05) is 29.8 Å². The molecule has 1 heterocycles. The molecule has 1 aromatic rings. The maximum atomic E-state index is 5.54. The molecule has 0 fully saturated rings. The van der Waals surface area contributed by atoms with Gasteiger partial charge < -0.3 is 5.73 Å². The molecular weight excluding hydrogens is 162 g/mol. The van der Waals surface area contributed by atoms with E-state index in [1.807, 2.05) is 12.1 Å². The zero-order valence-corrected chi connectivity index (χ0v) is 7.49. The number of nitrogens with zero attached hydrogens (tertiary/aromatic N) is 2. The molecule has 3 nitrogen and oxygen atoms in total. The molecule has 2 rings (SSSR count). The summed E-state index contributed by atoms with van der Waals surface area (Å²) in [5.74, 6) is 0.594. The lowest BCUT2D eigenvalue weighted by Crippen LogP contribution is -2.12. The Hall–Kier alpha value is -1.64. The Labute approximate surface area is 77.0 Å². The van der Waals surface area contributed by atoms with Crippen molar-refractivity contribution in [2.24, 2.45) is 15.9 Å². The van der Waals surface area contributed by atoms with Crippen LogP contribution in [-0.2, 0) is 0 Å². The van der Waals surface area contributed by atoms with Crippen LogP contribution in [0.4, 0.5) is 0 Å². The number of hydrogen-bond donors (Lipinski definition) is 1. The van der Waals surface area contributed by atoms with Gasteiger partial charge in [0.25, 0.3) is 0 Å². The molecular formula is C10H11N3. The minimum atomic E-state index is 0.594. The average Bonchev–Trinajstić information content (AvgIpc) is 2.52. The van der Waals surface area contributed by atoms with Crippen LogP contribution in [-0.4, -0.2) is 11.5 Å². The predicted molar refractivity (Wildman–Crippen MR) is 54.0 cm³/mol. The maximum absolute atomic E-state index is 5.54. The second-order valence-electron chi connectivity index (χ2n) is 3.18. The third-order valence-electron chi connectivity index (χ3n) is 2.00. The van der Waals surface area contributed by atoms with Gasteiger partial charge in [0.2, 0.25) is 0 Å². The highest BCUT2D eigenvalue weighted by Crippen LogP contribution is 2.11. The molecule has 0 unspecified atom stereocenters. The largest absolute Gasteiger partial charge is 0.385 e. The normalized spacial score (nSPS) is 15.5. The standard InChI is InChI=1S/C10H11N3/c1-7-3-2-4-8(5-7)9-6-10(11)13-12-9/h2-5H,6H2,1H3,(H2,11,13). The molecule has 0 amide bonds. The number of benzene rings is 1. The first-order valence-corrected chi connectivity index (χ1v) is 4.21. The van der Waals surface area contributed by atoms with Gasteiger partial charge in [-0.15, -0.1) is 5.10 Å². The van der Waals surface area contributed by atoms with Crippen LogP contribution in [0.5, 0.6) is 0 Å². The van der Waals surface area contributed by atoms with Crippen molar-refractivity contribution in [3.8, 4) is 0 Å². The first kappa shape index (κ1) is 7.98. The summed E-state index contributed by atoms with van der Waals surface area (Å²) in [5, 5.41) is 7.81. The molecule has 3 heteroatoms. The van der Waals surface area contributed by atoms with Gasteiger partial charge in [0.05, 0.1) is 12.1 Å². The molecule has 1 aliphatic heterocycles. The first-order chi connectivity index (χ1) is 6.25. The first-order valence-electron chi connectivity index (χ1n) is 4.21. The van der Waals surface area contributed by atoms with Crippen LogP contribution in [0.2, 0.25) is 0 Å². The monoisotopic (exact) mass is 173 g/mol. The molecule has 0 saturated carbocycles. The Kier molecular flexibility index (Phi) is 1.85. The third-order valence-corrected chi connectivity index (χ3v) is 2.00. The quantitative estimate of drug-likeness (QED) is 0.686. The molecule has 0 spiro atoms. The molecule has 66 valence electrons. The number of hydrogen-bond acceptors (Lipinski definition) is 3. The number of amidine groups is 1. The summed E-state index contributed by atoms with van der Waals surface area (Å²) >= 11 is 0. The summed E-state index contributed by atoms with van der Waals surface area (Å²) in [5.41, 5.74) is 8.84. The lowest BCUT2D eigenvalue weighted by atomic mass is 10.1. The van der Waals surface area contributed by atoms with E-state index in [1.54, 1.807) is 0 Å². The van der Waals surface area contributed by atoms with E-state index in [1.165, 1.54) is 5.56 Å². The fourth-order valence-corrected chi connectivity index (χ4v) is 1.35. The molecule has 0 radical (unpaired) electrons. The van der Waals surface area contributed by atoms with Crippen LogP contribution < -0.4 is 5.73 Å². The molecule has 0 atom stereocenters. The molecule has 1 aromatic carbocycles. The van der Waals surface area contributed by atoms with Gasteiger partial charge in [-0.25, -0.2) is 0 Å². The lowest BCUT2D eigenvalue weighted by Gasteiger charge is -2.00. The van der Waals surface area contributed by atoms with Crippen molar-refractivity contribution in [3.05, 3.63) is 35.4 Å². The van der Waals surface area contributed by atoms with E-state index in [-0.39, 0.29) is 0 Å². The minimum Gasteiger partial charge on any atom is -0.385 e. The number of aryl methyl sites for hydroxylation is 1. The zero-order chi connectivity index (χ0) is 9.26. The summed E-state index contributed by atoms with van der Waals surface area (Å²) in [6, 6.07) is 8.19. The summed E-state index contributed by atoms with van der Waals surface area (Å²) < 4.78 is 0. The van der Waals surface area contributed by atoms with Gasteiger partial charge in [0.15, 0.2) is 0 Å². The van der Waals surface area contributed by atoms with Crippen molar-refractivity contribution < 1.29 is 0 Å². The fourth-order valence-electron chi connectivity index (χ4n) is 1.35. The van der Waals surface area contributed by atoms with Crippen molar-refractivity contribution in [1.29, 1.82) is 0 Å². The van der Waals surface area contributed by atoms with E-state index in [0.717, 1.165) is 11.3 Å². The van der Waals surface area contributed by atoms with E-state index in [9.17, 15) is 0 Å². The Morgan fingerprint density at radius 2 is 2.15 bits per heavy atom. The zero-order valence-electron chi connectivity index (χ0n) is 7.49. The predicted octanol–water partition coefficient (Wildman–Crippen LogP) is 1.46. The highest BCUT2D eigenvalue weighted by molar-refractivity contribution is 6.14. The van der Waals surface area contributed by atoms with Gasteiger partial charge >= 0.3 is 0 Å². The van der Waals surface area contributed by atoms with E-state index in [0.29, 0.717) is 12.3 Å². The van der Waals surface area contributed by atoms with Crippen LogP contribution in [0.1, 0.15) is 17.5 Å². The molecule has 2 N–H and O–H groups in total. The van der Waals surface area contributed by atoms with Crippen LogP contribution in [0.25, 0.3) is 0 Å². The van der Waals surface area contributed by atoms with Gasteiger partial charge in [-0.2, -0.15) is 5.10 Å². The number of rotatable bonds is 1. The summed E-state index contributed by atoms with van der Waals surface area (Å²) in [6.45, 7) is 2.06. The highest BCUT2D eigenvalue weighted by Gasteiger charge is 2.10. The number of nitrogens with two attached hydrogens (primary N) is 1. The summed E-state index contributed by atoms with van der Waals surface area (Å²) in [7, 11) is 0. The summed E-state index contributed by atoms with van der Waals surface area (Å²) in [4.78, 5) is 0. The Morgan fingerprint density at radius 3 is 2.77 bits per heavy atom. The van der Waals surface area contributed by atoms with Crippen LogP contribution in [0, 0.1) is 6.92 Å². The van der Waals surface area contributed by atoms with Crippen LogP contribution in [0.3, 0.4) is 0 Å². The molecule has 0 aliphatic carbocycles. The maximum Gasteiger partial charge on any atom is 0.128 e. The van der Waals surface area contributed by atoms with E-state index < -0.39 is 0 Å². The minimum absolute atomic E-state index is 0.594. The molecule has 0 saturated heterocycles. The van der Waals surface area contributed by atoms with E-state index in [2.05, 4.69) is 29.3 Å². The molecule has 1 aliphatic rings. The van der Waals surface area contributed by atoms with Crippen LogP contribution in [0.15, 0.2) is 34.5 Å². The average molecular weight is 173 g/mol. The van der Waals surface area contributed by atoms with Crippen molar-refractivity contribution in [1.82, 2.24) is 0 Å². The fraction of sp³-hybridized carbons (Fsp3) is 0.200. The third kappa shape index (κ3) is 1.59. The Bertz CT molecular complexity index is 391. The Balaban J connectivity index is 2.29. The van der Waals surface area contributed by atoms with Gasteiger partial charge in [-0.05, 0) is 12.5 Å². The van der Waals surface area contributed by atoms with Crippen molar-refractivity contribution >= 4 is 11.5 Å². The highest BCUT2D eigenvalue weighted by atomic mass is 15.3. The van der Waals surface area contributed by atoms with Crippen LogP contribution >= 0.6 is 0 Å². The van der Waals surface area contributed by atoms with Crippen molar-refractivity contribution in [2.45, 2.75) is 13.3 Å². The molecule has 13 heavy (non-hydrogen) atoms. The topological polar surface area (TPSA) is 50.7 Å². The second-order valence-corrected chi connectivity index (χ2v) is 3.18. The Morgan fingerprint density at radius 1 is 1.31 bits per heavy atom.